The minimum absolute atomic E-state index is 0.0628. The molecule has 0 spiro atoms. The van der Waals surface area contributed by atoms with Gasteiger partial charge in [-0.2, -0.15) is 5.26 Å². The number of aryl methyl sites for hydroxylation is 3. The Morgan fingerprint density at radius 3 is 2.22 bits per heavy atom. The monoisotopic (exact) mass is 659 g/mol. The van der Waals surface area contributed by atoms with Crippen molar-refractivity contribution in [3.05, 3.63) is 106 Å². The van der Waals surface area contributed by atoms with Crippen LogP contribution in [-0.4, -0.2) is 85.7 Å². The van der Waals surface area contributed by atoms with Crippen LogP contribution in [0.15, 0.2) is 72.2 Å². The second-order valence-electron chi connectivity index (χ2n) is 13.9. The van der Waals surface area contributed by atoms with Gasteiger partial charge in [0.05, 0.1) is 23.7 Å². The maximum Gasteiger partial charge on any atom is 0.253 e. The second-order valence-corrected chi connectivity index (χ2v) is 13.9. The highest BCUT2D eigenvalue weighted by Crippen LogP contribution is 2.45. The number of rotatable bonds is 10. The SMILES string of the molecule is C=C(c1ccc2c(c1)CCc1cc(C(=O)N(C)C)ccc1C2(C[C@@H](C)NCC(=O)N1CCCC1C#N)C(N)=Nc1ccc(C)cc1)N(C)C. The van der Waals surface area contributed by atoms with Gasteiger partial charge < -0.3 is 25.8 Å². The highest BCUT2D eigenvalue weighted by molar-refractivity contribution is 5.99. The van der Waals surface area contributed by atoms with Gasteiger partial charge in [-0.15, -0.1) is 0 Å². The Morgan fingerprint density at radius 2 is 1.63 bits per heavy atom. The van der Waals surface area contributed by atoms with Crippen LogP contribution in [0.5, 0.6) is 0 Å². The summed E-state index contributed by atoms with van der Waals surface area (Å²) in [5.41, 5.74) is 15.0. The van der Waals surface area contributed by atoms with Crippen molar-refractivity contribution in [1.29, 1.82) is 5.26 Å². The number of hydrogen-bond donors (Lipinski definition) is 2. The summed E-state index contributed by atoms with van der Waals surface area (Å²) in [4.78, 5) is 36.8. The topological polar surface area (TPSA) is 118 Å². The fourth-order valence-corrected chi connectivity index (χ4v) is 7.23. The maximum atomic E-state index is 13.3. The van der Waals surface area contributed by atoms with E-state index >= 15 is 0 Å². The third-order valence-electron chi connectivity index (χ3n) is 9.98. The number of hydrogen-bond acceptors (Lipinski definition) is 6. The lowest BCUT2D eigenvalue weighted by Crippen LogP contribution is -2.49. The Kier molecular flexibility index (Phi) is 10.6. The third kappa shape index (κ3) is 7.25. The Hall–Kier alpha value is -4.94. The lowest BCUT2D eigenvalue weighted by Gasteiger charge is -2.39. The fraction of sp³-hybridized carbons (Fsp3) is 0.400. The first-order valence-corrected chi connectivity index (χ1v) is 17.0. The Labute approximate surface area is 291 Å². The van der Waals surface area contributed by atoms with E-state index < -0.39 is 5.41 Å². The van der Waals surface area contributed by atoms with E-state index in [-0.39, 0.29) is 30.4 Å². The molecule has 1 aliphatic heterocycles. The molecule has 0 aromatic heterocycles. The molecule has 1 aliphatic carbocycles. The summed E-state index contributed by atoms with van der Waals surface area (Å²) in [5.74, 6) is 0.300. The number of nitrogens with zero attached hydrogens (tertiary/aromatic N) is 5. The van der Waals surface area contributed by atoms with Crippen molar-refractivity contribution in [1.82, 2.24) is 20.0 Å². The quantitative estimate of drug-likeness (QED) is 0.229. The number of carbonyl (C=O) groups is 2. The predicted octanol–water partition coefficient (Wildman–Crippen LogP) is 5.19. The smallest absolute Gasteiger partial charge is 0.253 e. The molecule has 2 unspecified atom stereocenters. The molecule has 0 bridgehead atoms. The van der Waals surface area contributed by atoms with Gasteiger partial charge in [0.25, 0.3) is 5.91 Å². The first-order valence-electron chi connectivity index (χ1n) is 17.0. The molecule has 9 nitrogen and oxygen atoms in total. The summed E-state index contributed by atoms with van der Waals surface area (Å²) in [6.45, 7) is 9.14. The van der Waals surface area contributed by atoms with Gasteiger partial charge in [-0.05, 0) is 104 Å². The Bertz CT molecular complexity index is 1730. The summed E-state index contributed by atoms with van der Waals surface area (Å²) in [6.07, 6.45) is 3.49. The van der Waals surface area contributed by atoms with Crippen molar-refractivity contribution >= 4 is 29.0 Å². The summed E-state index contributed by atoms with van der Waals surface area (Å²) < 4.78 is 0. The van der Waals surface area contributed by atoms with Gasteiger partial charge in [-0.25, -0.2) is 4.99 Å². The van der Waals surface area contributed by atoms with Crippen LogP contribution in [0.4, 0.5) is 5.69 Å². The van der Waals surface area contributed by atoms with Crippen molar-refractivity contribution in [2.45, 2.75) is 63.5 Å². The summed E-state index contributed by atoms with van der Waals surface area (Å²) in [6, 6.07) is 22.1. The Morgan fingerprint density at radius 1 is 1.02 bits per heavy atom. The zero-order chi connectivity index (χ0) is 35.5. The largest absolute Gasteiger partial charge is 0.386 e. The highest BCUT2D eigenvalue weighted by Gasteiger charge is 2.44. The van der Waals surface area contributed by atoms with E-state index in [4.69, 9.17) is 10.7 Å². The number of aliphatic imine (C=N–C) groups is 1. The lowest BCUT2D eigenvalue weighted by atomic mass is 9.67. The number of amidine groups is 1. The molecule has 0 radical (unpaired) electrons. The van der Waals surface area contributed by atoms with Gasteiger partial charge in [0.2, 0.25) is 5.91 Å². The molecule has 3 aromatic rings. The molecule has 2 amide bonds. The van der Waals surface area contributed by atoms with E-state index in [1.807, 2.05) is 68.4 Å². The number of benzene rings is 3. The normalized spacial score (nSPS) is 19.2. The molecule has 3 N–H and O–H groups in total. The van der Waals surface area contributed by atoms with Gasteiger partial charge in [0.15, 0.2) is 0 Å². The standard InChI is InChI=1S/C40H49N7O2/c1-26-10-16-33(17-11-26)44-39(42)40(23-27(2)43-25-37(48)47-20-8-9-34(47)24-41)35-18-14-29(28(3)45(4)5)21-30(35)12-13-31-22-32(15-19-36(31)40)38(49)46(6)7/h10-11,14-19,21-22,27,34,43H,3,8-9,12-13,20,23,25H2,1-2,4-7H3,(H2,42,44)/t27-,34?,40?/m1/s1. The van der Waals surface area contributed by atoms with Gasteiger partial charge in [0, 0.05) is 52.0 Å². The van der Waals surface area contributed by atoms with E-state index in [1.165, 1.54) is 0 Å². The van der Waals surface area contributed by atoms with Crippen molar-refractivity contribution in [2.24, 2.45) is 10.7 Å². The average molecular weight is 660 g/mol. The number of likely N-dealkylation sites (tertiary alicyclic amines) is 1. The molecule has 1 fully saturated rings. The van der Waals surface area contributed by atoms with Crippen LogP contribution >= 0.6 is 0 Å². The zero-order valence-corrected chi connectivity index (χ0v) is 29.7. The highest BCUT2D eigenvalue weighted by atomic mass is 16.2. The molecule has 49 heavy (non-hydrogen) atoms. The molecule has 3 atom stereocenters. The van der Waals surface area contributed by atoms with E-state index in [0.29, 0.717) is 37.2 Å². The van der Waals surface area contributed by atoms with Crippen LogP contribution < -0.4 is 11.1 Å². The molecule has 256 valence electrons. The fourth-order valence-electron chi connectivity index (χ4n) is 7.23. The molecular formula is C40H49N7O2. The zero-order valence-electron chi connectivity index (χ0n) is 29.7. The minimum Gasteiger partial charge on any atom is -0.386 e. The van der Waals surface area contributed by atoms with Crippen LogP contribution in [0.2, 0.25) is 0 Å². The maximum absolute atomic E-state index is 13.3. The molecule has 2 aliphatic rings. The van der Waals surface area contributed by atoms with Gasteiger partial charge >= 0.3 is 0 Å². The third-order valence-corrected chi connectivity index (χ3v) is 9.98. The van der Waals surface area contributed by atoms with Crippen molar-refractivity contribution in [3.63, 3.8) is 0 Å². The summed E-state index contributed by atoms with van der Waals surface area (Å²) in [7, 11) is 7.49. The molecule has 1 heterocycles. The molecule has 9 heteroatoms. The Balaban J connectivity index is 1.68. The first kappa shape index (κ1) is 35.4. The van der Waals surface area contributed by atoms with Crippen LogP contribution in [0.25, 0.3) is 5.70 Å². The minimum atomic E-state index is -0.901. The second kappa shape index (κ2) is 14.7. The average Bonchev–Trinajstić information content (AvgIpc) is 3.53. The molecule has 5 rings (SSSR count). The van der Waals surface area contributed by atoms with Crippen molar-refractivity contribution in [3.8, 4) is 6.07 Å². The predicted molar refractivity (Wildman–Crippen MR) is 197 cm³/mol. The van der Waals surface area contributed by atoms with E-state index in [2.05, 4.69) is 43.1 Å². The first-order chi connectivity index (χ1) is 23.3. The number of carbonyl (C=O) groups excluding carboxylic acids is 2. The van der Waals surface area contributed by atoms with Crippen LogP contribution in [0.1, 0.15) is 69.9 Å². The lowest BCUT2D eigenvalue weighted by molar-refractivity contribution is -0.130. The van der Waals surface area contributed by atoms with Crippen molar-refractivity contribution < 1.29 is 9.59 Å². The molecular weight excluding hydrogens is 610 g/mol. The number of nitriles is 1. The van der Waals surface area contributed by atoms with Crippen LogP contribution in [0.3, 0.4) is 0 Å². The molecule has 1 saturated heterocycles. The van der Waals surface area contributed by atoms with E-state index in [9.17, 15) is 14.9 Å². The molecule has 3 aromatic carbocycles. The van der Waals surface area contributed by atoms with Crippen molar-refractivity contribution in [2.75, 3.05) is 41.3 Å². The van der Waals surface area contributed by atoms with Crippen LogP contribution in [-0.2, 0) is 23.1 Å². The van der Waals surface area contributed by atoms with Gasteiger partial charge in [-0.1, -0.05) is 42.5 Å². The number of nitrogens with one attached hydrogen (secondary N) is 1. The molecule has 0 saturated carbocycles. The van der Waals surface area contributed by atoms with E-state index in [0.717, 1.165) is 57.6 Å². The van der Waals surface area contributed by atoms with Gasteiger partial charge in [0.1, 0.15) is 11.9 Å². The van der Waals surface area contributed by atoms with Crippen LogP contribution in [0, 0.1) is 18.3 Å². The summed E-state index contributed by atoms with van der Waals surface area (Å²) in [5, 5.41) is 13.0. The number of amides is 2. The van der Waals surface area contributed by atoms with E-state index in [1.54, 1.807) is 23.9 Å². The van der Waals surface area contributed by atoms with Gasteiger partial charge in [-0.3, -0.25) is 9.59 Å². The summed E-state index contributed by atoms with van der Waals surface area (Å²) >= 11 is 0. The number of nitrogens with two attached hydrogens (primary N) is 1. The number of fused-ring (bicyclic) bond motifs is 2.